The lowest BCUT2D eigenvalue weighted by Gasteiger charge is -2.09. The average molecular weight is 322 g/mol. The third kappa shape index (κ3) is 5.82. The summed E-state index contributed by atoms with van der Waals surface area (Å²) in [6.45, 7) is -2.46. The van der Waals surface area contributed by atoms with E-state index in [2.05, 4.69) is 15.4 Å². The first-order chi connectivity index (χ1) is 11.0. The van der Waals surface area contributed by atoms with Crippen molar-refractivity contribution in [1.29, 1.82) is 0 Å². The van der Waals surface area contributed by atoms with Crippen LogP contribution < -0.4 is 15.4 Å². The van der Waals surface area contributed by atoms with E-state index in [1.807, 2.05) is 0 Å². The first-order valence-electron chi connectivity index (χ1n) is 6.90. The van der Waals surface area contributed by atoms with Gasteiger partial charge in [0, 0.05) is 12.2 Å². The number of aromatic hydroxyl groups is 1. The van der Waals surface area contributed by atoms with Gasteiger partial charge in [0.2, 0.25) is 0 Å². The molecular weight excluding hydrogens is 306 g/mol. The monoisotopic (exact) mass is 322 g/mol. The molecule has 0 spiro atoms. The Hall–Kier alpha value is -2.83. The zero-order chi connectivity index (χ0) is 16.7. The lowest BCUT2D eigenvalue weighted by Crippen LogP contribution is -2.30. The molecule has 23 heavy (non-hydrogen) atoms. The van der Waals surface area contributed by atoms with Gasteiger partial charge in [0.1, 0.15) is 11.5 Å². The highest BCUT2D eigenvalue weighted by atomic mass is 19.3. The van der Waals surface area contributed by atoms with Crippen LogP contribution in [0.5, 0.6) is 11.5 Å². The molecule has 0 saturated heterocycles. The van der Waals surface area contributed by atoms with Gasteiger partial charge in [0.15, 0.2) is 0 Å². The third-order valence-electron chi connectivity index (χ3n) is 2.97. The van der Waals surface area contributed by atoms with E-state index in [-0.39, 0.29) is 11.5 Å². The lowest BCUT2D eigenvalue weighted by atomic mass is 10.1. The molecule has 0 aromatic heterocycles. The van der Waals surface area contributed by atoms with E-state index >= 15 is 0 Å². The van der Waals surface area contributed by atoms with E-state index in [9.17, 15) is 18.7 Å². The number of carbonyl (C=O) groups is 1. The maximum absolute atomic E-state index is 12.0. The second-order valence-corrected chi connectivity index (χ2v) is 4.70. The minimum atomic E-state index is -2.88. The molecule has 0 radical (unpaired) electrons. The van der Waals surface area contributed by atoms with Crippen molar-refractivity contribution in [2.75, 3.05) is 11.9 Å². The van der Waals surface area contributed by atoms with Crippen molar-refractivity contribution < 1.29 is 23.4 Å². The fraction of sp³-hybridized carbons (Fsp3) is 0.188. The Labute approximate surface area is 131 Å². The van der Waals surface area contributed by atoms with Crippen molar-refractivity contribution in [3.8, 4) is 11.5 Å². The number of phenolic OH excluding ortho intramolecular Hbond substituents is 1. The number of nitrogens with one attached hydrogen (secondary N) is 2. The summed E-state index contributed by atoms with van der Waals surface area (Å²) >= 11 is 0. The van der Waals surface area contributed by atoms with Crippen molar-refractivity contribution in [3.63, 3.8) is 0 Å². The van der Waals surface area contributed by atoms with Crippen LogP contribution >= 0.6 is 0 Å². The van der Waals surface area contributed by atoms with Gasteiger partial charge in [-0.05, 0) is 48.4 Å². The van der Waals surface area contributed by atoms with Crippen LogP contribution in [-0.2, 0) is 6.42 Å². The molecule has 7 heteroatoms. The number of hydrogen-bond acceptors (Lipinski definition) is 3. The van der Waals surface area contributed by atoms with Gasteiger partial charge in [-0.15, -0.1) is 0 Å². The molecule has 2 aromatic carbocycles. The smallest absolute Gasteiger partial charge is 0.387 e. The first kappa shape index (κ1) is 16.5. The molecule has 3 N–H and O–H groups in total. The molecule has 2 rings (SSSR count). The van der Waals surface area contributed by atoms with Crippen LogP contribution in [0.3, 0.4) is 0 Å². The lowest BCUT2D eigenvalue weighted by molar-refractivity contribution is -0.0498. The maximum Gasteiger partial charge on any atom is 0.387 e. The molecule has 2 amide bonds. The molecule has 0 atom stereocenters. The summed E-state index contributed by atoms with van der Waals surface area (Å²) in [5, 5.41) is 14.4. The molecule has 0 bridgehead atoms. The summed E-state index contributed by atoms with van der Waals surface area (Å²) in [5.41, 5.74) is 1.45. The third-order valence-corrected chi connectivity index (χ3v) is 2.97. The highest BCUT2D eigenvalue weighted by molar-refractivity contribution is 5.89. The molecule has 0 aliphatic carbocycles. The molecule has 2 aromatic rings. The van der Waals surface area contributed by atoms with Crippen LogP contribution in [0.1, 0.15) is 5.56 Å². The standard InChI is InChI=1S/C16H16F2N2O3/c17-15(18)23-14-7-3-12(4-8-14)20-16(22)19-10-9-11-1-5-13(21)6-2-11/h1-8,15,21H,9-10H2,(H2,19,20,22). The Kier molecular flexibility index (Phi) is 5.74. The first-order valence-corrected chi connectivity index (χ1v) is 6.90. The van der Waals surface area contributed by atoms with Gasteiger partial charge >= 0.3 is 12.6 Å². The molecule has 5 nitrogen and oxygen atoms in total. The van der Waals surface area contributed by atoms with E-state index in [0.29, 0.717) is 18.7 Å². The summed E-state index contributed by atoms with van der Waals surface area (Å²) in [4.78, 5) is 11.7. The predicted octanol–water partition coefficient (Wildman–Crippen LogP) is 3.36. The van der Waals surface area contributed by atoms with E-state index in [1.54, 1.807) is 24.3 Å². The normalized spacial score (nSPS) is 10.4. The summed E-state index contributed by atoms with van der Waals surface area (Å²) in [6, 6.07) is 11.9. The molecule has 122 valence electrons. The number of amides is 2. The molecule has 0 aliphatic rings. The Morgan fingerprint density at radius 1 is 1.09 bits per heavy atom. The SMILES string of the molecule is O=C(NCCc1ccc(O)cc1)Nc1ccc(OC(F)F)cc1. The number of hydrogen-bond donors (Lipinski definition) is 3. The highest BCUT2D eigenvalue weighted by Crippen LogP contribution is 2.17. The summed E-state index contributed by atoms with van der Waals surface area (Å²) in [6.07, 6.45) is 0.620. The fourth-order valence-electron chi connectivity index (χ4n) is 1.88. The minimum Gasteiger partial charge on any atom is -0.508 e. The van der Waals surface area contributed by atoms with Gasteiger partial charge in [0.25, 0.3) is 0 Å². The molecule has 0 saturated carbocycles. The second-order valence-electron chi connectivity index (χ2n) is 4.70. The number of rotatable bonds is 6. The number of carbonyl (C=O) groups excluding carboxylic acids is 1. The summed E-state index contributed by atoms with van der Waals surface area (Å²) in [7, 11) is 0. The van der Waals surface area contributed by atoms with Gasteiger partial charge in [-0.3, -0.25) is 0 Å². The molecule has 0 fully saturated rings. The number of phenols is 1. The van der Waals surface area contributed by atoms with E-state index < -0.39 is 12.6 Å². The fourth-order valence-corrected chi connectivity index (χ4v) is 1.88. The van der Waals surface area contributed by atoms with Crippen molar-refractivity contribution in [3.05, 3.63) is 54.1 Å². The Bertz CT molecular complexity index is 631. The van der Waals surface area contributed by atoms with Crippen LogP contribution in [0, 0.1) is 0 Å². The van der Waals surface area contributed by atoms with Crippen molar-refractivity contribution >= 4 is 11.7 Å². The van der Waals surface area contributed by atoms with Gasteiger partial charge < -0.3 is 20.5 Å². The second kappa shape index (κ2) is 7.98. The van der Waals surface area contributed by atoms with Crippen LogP contribution in [0.2, 0.25) is 0 Å². The van der Waals surface area contributed by atoms with Gasteiger partial charge in [-0.2, -0.15) is 8.78 Å². The maximum atomic E-state index is 12.0. The van der Waals surface area contributed by atoms with Gasteiger partial charge in [-0.25, -0.2) is 4.79 Å². The number of urea groups is 1. The molecule has 0 unspecified atom stereocenters. The zero-order valence-corrected chi connectivity index (χ0v) is 12.1. The molecule has 0 aliphatic heterocycles. The number of alkyl halides is 2. The molecular formula is C16H16F2N2O3. The van der Waals surface area contributed by atoms with Gasteiger partial charge in [-0.1, -0.05) is 12.1 Å². The van der Waals surface area contributed by atoms with E-state index in [0.717, 1.165) is 5.56 Å². The van der Waals surface area contributed by atoms with Crippen LogP contribution in [0.15, 0.2) is 48.5 Å². The highest BCUT2D eigenvalue weighted by Gasteiger charge is 2.05. The number of anilines is 1. The number of halogens is 2. The predicted molar refractivity (Wildman–Crippen MR) is 81.9 cm³/mol. The average Bonchev–Trinajstić information content (AvgIpc) is 2.51. The molecule has 0 heterocycles. The number of ether oxygens (including phenoxy) is 1. The van der Waals surface area contributed by atoms with Gasteiger partial charge in [0.05, 0.1) is 0 Å². The Balaban J connectivity index is 1.75. The van der Waals surface area contributed by atoms with Crippen LogP contribution in [-0.4, -0.2) is 24.3 Å². The van der Waals surface area contributed by atoms with Crippen LogP contribution in [0.4, 0.5) is 19.3 Å². The summed E-state index contributed by atoms with van der Waals surface area (Å²) in [5.74, 6) is 0.219. The van der Waals surface area contributed by atoms with Crippen molar-refractivity contribution in [1.82, 2.24) is 5.32 Å². The zero-order valence-electron chi connectivity index (χ0n) is 12.1. The quantitative estimate of drug-likeness (QED) is 0.764. The van der Waals surface area contributed by atoms with E-state index in [1.165, 1.54) is 24.3 Å². The minimum absolute atomic E-state index is 0.0262. The number of benzene rings is 2. The summed E-state index contributed by atoms with van der Waals surface area (Å²) < 4.78 is 28.3. The van der Waals surface area contributed by atoms with Crippen LogP contribution in [0.25, 0.3) is 0 Å². The van der Waals surface area contributed by atoms with Crippen molar-refractivity contribution in [2.24, 2.45) is 0 Å². The Morgan fingerprint density at radius 3 is 2.35 bits per heavy atom. The Morgan fingerprint density at radius 2 is 1.74 bits per heavy atom. The topological polar surface area (TPSA) is 70.6 Å². The van der Waals surface area contributed by atoms with E-state index in [4.69, 9.17) is 0 Å². The largest absolute Gasteiger partial charge is 0.508 e. The van der Waals surface area contributed by atoms with Crippen molar-refractivity contribution in [2.45, 2.75) is 13.0 Å².